The maximum absolute atomic E-state index is 12.3. The standard InChI is InChI=1S/C23H23N3O2S2/c1-5-16-7-9-17(10-8-16)19-13-29-21(26-19)18(11-24)12-25-22-20(23(27)28-6-2)14(3)15(4)30-22/h7-10,12-13,25H,5-6H2,1-4H3/b18-12-. The Morgan fingerprint density at radius 1 is 1.27 bits per heavy atom. The molecular formula is C23H23N3O2S2. The first-order valence-corrected chi connectivity index (χ1v) is 11.4. The molecule has 0 atom stereocenters. The van der Waals surface area contributed by atoms with E-state index in [4.69, 9.17) is 4.74 Å². The van der Waals surface area contributed by atoms with Crippen LogP contribution in [0.4, 0.5) is 5.00 Å². The minimum Gasteiger partial charge on any atom is -0.462 e. The van der Waals surface area contributed by atoms with Crippen molar-refractivity contribution >= 4 is 39.2 Å². The van der Waals surface area contributed by atoms with E-state index in [1.165, 1.54) is 28.2 Å². The Morgan fingerprint density at radius 3 is 2.63 bits per heavy atom. The lowest BCUT2D eigenvalue weighted by Gasteiger charge is -2.05. The molecule has 5 nitrogen and oxygen atoms in total. The van der Waals surface area contributed by atoms with Crippen LogP contribution in [0.5, 0.6) is 0 Å². The second-order valence-electron chi connectivity index (χ2n) is 6.61. The third kappa shape index (κ3) is 4.61. The molecule has 154 valence electrons. The van der Waals surface area contributed by atoms with Gasteiger partial charge in [-0.15, -0.1) is 22.7 Å². The molecule has 7 heteroatoms. The zero-order valence-electron chi connectivity index (χ0n) is 17.4. The largest absolute Gasteiger partial charge is 0.462 e. The molecule has 2 heterocycles. The highest BCUT2D eigenvalue weighted by molar-refractivity contribution is 7.16. The number of thiophene rings is 1. The van der Waals surface area contributed by atoms with Gasteiger partial charge in [-0.3, -0.25) is 0 Å². The molecule has 0 spiro atoms. The Labute approximate surface area is 184 Å². The van der Waals surface area contributed by atoms with Gasteiger partial charge >= 0.3 is 5.97 Å². The summed E-state index contributed by atoms with van der Waals surface area (Å²) >= 11 is 2.88. The molecule has 3 aromatic rings. The zero-order chi connectivity index (χ0) is 21.7. The van der Waals surface area contributed by atoms with Crippen molar-refractivity contribution in [2.45, 2.75) is 34.1 Å². The fourth-order valence-corrected chi connectivity index (χ4v) is 4.71. The molecule has 0 fully saturated rings. The monoisotopic (exact) mass is 437 g/mol. The molecule has 0 aliphatic heterocycles. The third-order valence-electron chi connectivity index (χ3n) is 4.73. The van der Waals surface area contributed by atoms with Gasteiger partial charge in [0.2, 0.25) is 0 Å². The van der Waals surface area contributed by atoms with E-state index in [0.717, 1.165) is 28.1 Å². The summed E-state index contributed by atoms with van der Waals surface area (Å²) in [5, 5.41) is 16.0. The molecule has 0 saturated carbocycles. The van der Waals surface area contributed by atoms with Gasteiger partial charge in [-0.2, -0.15) is 5.26 Å². The van der Waals surface area contributed by atoms with Gasteiger partial charge in [-0.1, -0.05) is 31.2 Å². The number of carbonyl (C=O) groups is 1. The summed E-state index contributed by atoms with van der Waals surface area (Å²) in [5.41, 5.74) is 4.96. The Balaban J connectivity index is 1.86. The molecule has 0 aliphatic rings. The molecule has 0 amide bonds. The predicted octanol–water partition coefficient (Wildman–Crippen LogP) is 6.20. The first-order chi connectivity index (χ1) is 14.5. The summed E-state index contributed by atoms with van der Waals surface area (Å²) < 4.78 is 5.18. The minimum atomic E-state index is -0.360. The molecule has 0 saturated heterocycles. The van der Waals surface area contributed by atoms with Gasteiger partial charge in [0, 0.05) is 22.0 Å². The summed E-state index contributed by atoms with van der Waals surface area (Å²) in [6, 6.07) is 10.5. The number of rotatable bonds is 7. The minimum absolute atomic E-state index is 0.313. The molecule has 0 radical (unpaired) electrons. The summed E-state index contributed by atoms with van der Waals surface area (Å²) in [7, 11) is 0. The van der Waals surface area contributed by atoms with Gasteiger partial charge in [-0.05, 0) is 38.3 Å². The number of aromatic nitrogens is 1. The van der Waals surface area contributed by atoms with E-state index in [-0.39, 0.29) is 5.97 Å². The summed E-state index contributed by atoms with van der Waals surface area (Å²) in [6.07, 6.45) is 2.60. The first-order valence-electron chi connectivity index (χ1n) is 9.67. The third-order valence-corrected chi connectivity index (χ3v) is 6.74. The van der Waals surface area contributed by atoms with E-state index in [1.807, 2.05) is 19.2 Å². The second-order valence-corrected chi connectivity index (χ2v) is 8.69. The van der Waals surface area contributed by atoms with Crippen molar-refractivity contribution < 1.29 is 9.53 Å². The number of anilines is 1. The number of nitrogens with one attached hydrogen (secondary N) is 1. The van der Waals surface area contributed by atoms with E-state index >= 15 is 0 Å². The number of nitrogens with zero attached hydrogens (tertiary/aromatic N) is 2. The first kappa shape index (κ1) is 21.8. The number of hydrogen-bond acceptors (Lipinski definition) is 7. The highest BCUT2D eigenvalue weighted by Crippen LogP contribution is 2.34. The SMILES string of the molecule is CCOC(=O)c1c(N/C=C(/C#N)c2nc(-c3ccc(CC)cc3)cs2)sc(C)c1C. The van der Waals surface area contributed by atoms with Gasteiger partial charge in [0.1, 0.15) is 21.7 Å². The average Bonchev–Trinajstić information content (AvgIpc) is 3.34. The fraction of sp³-hybridized carbons (Fsp3) is 0.261. The van der Waals surface area contributed by atoms with E-state index < -0.39 is 0 Å². The predicted molar refractivity (Wildman–Crippen MR) is 124 cm³/mol. The maximum Gasteiger partial charge on any atom is 0.341 e. The average molecular weight is 438 g/mol. The van der Waals surface area contributed by atoms with E-state index in [0.29, 0.717) is 27.8 Å². The highest BCUT2D eigenvalue weighted by atomic mass is 32.1. The molecule has 2 aromatic heterocycles. The van der Waals surface area contributed by atoms with Crippen molar-refractivity contribution in [1.29, 1.82) is 5.26 Å². The molecule has 3 rings (SSSR count). The number of nitriles is 1. The van der Waals surface area contributed by atoms with Crippen molar-refractivity contribution in [2.24, 2.45) is 0 Å². The van der Waals surface area contributed by atoms with Gasteiger partial charge in [0.05, 0.1) is 17.9 Å². The van der Waals surface area contributed by atoms with Gasteiger partial charge in [-0.25, -0.2) is 9.78 Å². The number of hydrogen-bond donors (Lipinski definition) is 1. The number of esters is 1. The van der Waals surface area contributed by atoms with E-state index in [2.05, 4.69) is 47.6 Å². The Morgan fingerprint density at radius 2 is 2.00 bits per heavy atom. The Kier molecular flexibility index (Phi) is 7.03. The summed E-state index contributed by atoms with van der Waals surface area (Å²) in [5.74, 6) is -0.360. The van der Waals surface area contributed by atoms with E-state index in [1.54, 1.807) is 13.1 Å². The van der Waals surface area contributed by atoms with Gasteiger partial charge in [0.25, 0.3) is 0 Å². The number of carbonyl (C=O) groups excluding carboxylic acids is 1. The van der Waals surface area contributed by atoms with Crippen LogP contribution in [0.1, 0.15) is 45.2 Å². The van der Waals surface area contributed by atoms with Crippen LogP contribution in [0.2, 0.25) is 0 Å². The van der Waals surface area contributed by atoms with Crippen LogP contribution in [0.15, 0.2) is 35.8 Å². The lowest BCUT2D eigenvalue weighted by atomic mass is 10.1. The Bertz CT molecular complexity index is 1120. The lowest BCUT2D eigenvalue weighted by Crippen LogP contribution is -2.07. The lowest BCUT2D eigenvalue weighted by molar-refractivity contribution is 0.0527. The molecule has 0 bridgehead atoms. The normalized spacial score (nSPS) is 11.2. The van der Waals surface area contributed by atoms with Crippen molar-refractivity contribution in [3.8, 4) is 17.3 Å². The van der Waals surface area contributed by atoms with Crippen molar-refractivity contribution in [1.82, 2.24) is 4.98 Å². The van der Waals surface area contributed by atoms with Crippen LogP contribution in [0, 0.1) is 25.2 Å². The van der Waals surface area contributed by atoms with Crippen LogP contribution >= 0.6 is 22.7 Å². The highest BCUT2D eigenvalue weighted by Gasteiger charge is 2.20. The zero-order valence-corrected chi connectivity index (χ0v) is 19.0. The quantitative estimate of drug-likeness (QED) is 0.352. The Hall–Kier alpha value is -2.95. The van der Waals surface area contributed by atoms with Gasteiger partial charge in [0.15, 0.2) is 0 Å². The van der Waals surface area contributed by atoms with Crippen molar-refractivity contribution in [2.75, 3.05) is 11.9 Å². The van der Waals surface area contributed by atoms with Gasteiger partial charge < -0.3 is 10.1 Å². The molecular weight excluding hydrogens is 414 g/mol. The molecule has 1 aromatic carbocycles. The smallest absolute Gasteiger partial charge is 0.341 e. The maximum atomic E-state index is 12.3. The molecule has 0 aliphatic carbocycles. The molecule has 0 unspecified atom stereocenters. The summed E-state index contributed by atoms with van der Waals surface area (Å²) in [4.78, 5) is 18.0. The number of benzene rings is 1. The number of ether oxygens (including phenoxy) is 1. The summed E-state index contributed by atoms with van der Waals surface area (Å²) in [6.45, 7) is 8.07. The van der Waals surface area contributed by atoms with Crippen molar-refractivity contribution in [3.63, 3.8) is 0 Å². The second kappa shape index (κ2) is 9.70. The molecule has 30 heavy (non-hydrogen) atoms. The van der Waals surface area contributed by atoms with Crippen LogP contribution in [0.25, 0.3) is 16.8 Å². The fourth-order valence-electron chi connectivity index (χ4n) is 2.90. The number of allylic oxidation sites excluding steroid dienone is 1. The topological polar surface area (TPSA) is 75.0 Å². The number of aryl methyl sites for hydroxylation is 2. The van der Waals surface area contributed by atoms with Crippen molar-refractivity contribution in [3.05, 3.63) is 62.4 Å². The van der Waals surface area contributed by atoms with Crippen LogP contribution in [-0.2, 0) is 11.2 Å². The van der Waals surface area contributed by atoms with Crippen LogP contribution in [0.3, 0.4) is 0 Å². The van der Waals surface area contributed by atoms with Crippen LogP contribution in [-0.4, -0.2) is 17.6 Å². The number of thiazole rings is 1. The van der Waals surface area contributed by atoms with Crippen LogP contribution < -0.4 is 5.32 Å². The van der Waals surface area contributed by atoms with E-state index in [9.17, 15) is 10.1 Å². The molecule has 1 N–H and O–H groups in total.